The van der Waals surface area contributed by atoms with Crippen LogP contribution in [0, 0.1) is 19.1 Å². The van der Waals surface area contributed by atoms with Gasteiger partial charge >= 0.3 is 0 Å². The number of aromatic nitrogens is 1. The van der Waals surface area contributed by atoms with Gasteiger partial charge in [-0.3, -0.25) is 0 Å². The Morgan fingerprint density at radius 2 is 1.20 bits per heavy atom. The second kappa shape index (κ2) is 12.3. The van der Waals surface area contributed by atoms with E-state index in [-0.39, 0.29) is 5.41 Å². The highest BCUT2D eigenvalue weighted by Gasteiger charge is 2.58. The molecule has 0 aliphatic heterocycles. The molecule has 0 radical (unpaired) electrons. The average Bonchev–Trinajstić information content (AvgIpc) is 3.93. The minimum absolute atomic E-state index is 0.174. The summed E-state index contributed by atoms with van der Waals surface area (Å²) in [6.45, 7) is 2.24. The van der Waals surface area contributed by atoms with Gasteiger partial charge in [0.25, 0.3) is 0 Å². The van der Waals surface area contributed by atoms with Crippen LogP contribution in [-0.2, 0) is 5.41 Å². The van der Waals surface area contributed by atoms with Crippen molar-refractivity contribution in [3.05, 3.63) is 222 Å². The third-order valence-corrected chi connectivity index (χ3v) is 12.2. The van der Waals surface area contributed by atoms with Crippen LogP contribution in [0.25, 0.3) is 71.3 Å². The fourth-order valence-corrected chi connectivity index (χ4v) is 9.44. The molecule has 1 fully saturated rings. The van der Waals surface area contributed by atoms with Crippen LogP contribution < -0.4 is 0 Å². The van der Waals surface area contributed by atoms with Gasteiger partial charge in [0.15, 0.2) is 0 Å². The zero-order valence-electron chi connectivity index (χ0n) is 30.6. The lowest BCUT2D eigenvalue weighted by molar-refractivity contribution is 0.812. The quantitative estimate of drug-likeness (QED) is 0.163. The maximum Gasteiger partial charge on any atom is 0.0619 e. The molecule has 1 aliphatic carbocycles. The number of rotatable bonds is 6. The molecule has 0 amide bonds. The Bertz CT molecular complexity index is 3040. The molecule has 0 N–H and O–H groups in total. The summed E-state index contributed by atoms with van der Waals surface area (Å²) in [5.74, 6) is 0.335. The third-order valence-electron chi connectivity index (χ3n) is 12.2. The van der Waals surface area contributed by atoms with Crippen LogP contribution in [0.5, 0.6) is 0 Å². The number of fused-ring (bicyclic) bond motifs is 6. The molecule has 9 aromatic carbocycles. The summed E-state index contributed by atoms with van der Waals surface area (Å²) in [5, 5.41) is 7.74. The van der Waals surface area contributed by atoms with Crippen LogP contribution in [0.3, 0.4) is 0 Å². The third kappa shape index (κ3) is 4.96. The van der Waals surface area contributed by atoms with E-state index in [0.29, 0.717) is 5.92 Å². The Morgan fingerprint density at radius 1 is 0.509 bits per heavy atom. The molecule has 0 saturated heterocycles. The number of nitrogens with zero attached hydrogens (tertiary/aromatic N) is 1. The van der Waals surface area contributed by atoms with E-state index in [0.717, 1.165) is 12.0 Å². The van der Waals surface area contributed by atoms with Crippen molar-refractivity contribution in [3.8, 4) is 27.9 Å². The zero-order chi connectivity index (χ0) is 36.5. The molecule has 1 aliphatic rings. The van der Waals surface area contributed by atoms with Crippen molar-refractivity contribution in [2.75, 3.05) is 0 Å². The van der Waals surface area contributed by atoms with Crippen molar-refractivity contribution < 1.29 is 0 Å². The van der Waals surface area contributed by atoms with Crippen molar-refractivity contribution in [1.82, 2.24) is 4.57 Å². The van der Waals surface area contributed by atoms with E-state index in [1.165, 1.54) is 88.0 Å². The van der Waals surface area contributed by atoms with Crippen LogP contribution >= 0.6 is 0 Å². The molecule has 258 valence electrons. The van der Waals surface area contributed by atoms with Crippen molar-refractivity contribution in [2.45, 2.75) is 24.7 Å². The van der Waals surface area contributed by atoms with E-state index >= 15 is 0 Å². The summed E-state index contributed by atoms with van der Waals surface area (Å²) in [4.78, 5) is 0. The van der Waals surface area contributed by atoms with Gasteiger partial charge in [0.1, 0.15) is 0 Å². The summed E-state index contributed by atoms with van der Waals surface area (Å²) >= 11 is 0. The van der Waals surface area contributed by atoms with E-state index < -0.39 is 0 Å². The first-order valence-corrected chi connectivity index (χ1v) is 19.3. The zero-order valence-corrected chi connectivity index (χ0v) is 30.6. The molecule has 2 atom stereocenters. The summed E-state index contributed by atoms with van der Waals surface area (Å²) in [6, 6.07) is 76.2. The van der Waals surface area contributed by atoms with Crippen molar-refractivity contribution in [3.63, 3.8) is 0 Å². The molecule has 11 rings (SSSR count). The lowest BCUT2D eigenvalue weighted by atomic mass is 9.82. The molecule has 1 nitrogen and oxygen atoms in total. The Balaban J connectivity index is 1.01. The average molecular weight is 700 g/mol. The second-order valence-corrected chi connectivity index (χ2v) is 15.2. The van der Waals surface area contributed by atoms with E-state index in [1.54, 1.807) is 0 Å². The molecule has 2 unspecified atom stereocenters. The van der Waals surface area contributed by atoms with E-state index in [1.807, 2.05) is 0 Å². The monoisotopic (exact) mass is 699 g/mol. The van der Waals surface area contributed by atoms with Crippen molar-refractivity contribution in [2.24, 2.45) is 0 Å². The summed E-state index contributed by atoms with van der Waals surface area (Å²) in [5.41, 5.74) is 13.4. The number of aryl methyl sites for hydroxylation is 1. The number of para-hydroxylation sites is 1. The largest absolute Gasteiger partial charge is 0.309 e. The molecular weight excluding hydrogens is 663 g/mol. The molecule has 1 aromatic heterocycles. The highest BCUT2D eigenvalue weighted by molar-refractivity contribution is 6.20. The lowest BCUT2D eigenvalue weighted by Crippen LogP contribution is -2.12. The molecule has 1 saturated carbocycles. The fraction of sp³-hybridized carbons (Fsp3) is 0.0741. The van der Waals surface area contributed by atoms with E-state index in [9.17, 15) is 0 Å². The maximum atomic E-state index is 3.67. The minimum atomic E-state index is -0.174. The van der Waals surface area contributed by atoms with Crippen LogP contribution in [0.2, 0.25) is 0 Å². The highest BCUT2D eigenvalue weighted by atomic mass is 15.0. The number of hydrogen-bond donors (Lipinski definition) is 0. The normalized spacial score (nSPS) is 16.5. The molecule has 1 heterocycles. The van der Waals surface area contributed by atoms with Crippen molar-refractivity contribution in [1.29, 1.82) is 0 Å². The second-order valence-electron chi connectivity index (χ2n) is 15.2. The first-order valence-electron chi connectivity index (χ1n) is 19.3. The smallest absolute Gasteiger partial charge is 0.0619 e. The van der Waals surface area contributed by atoms with Crippen LogP contribution in [-0.4, -0.2) is 4.57 Å². The van der Waals surface area contributed by atoms with Gasteiger partial charge < -0.3 is 4.57 Å². The van der Waals surface area contributed by atoms with Crippen LogP contribution in [0.1, 0.15) is 34.6 Å². The summed E-state index contributed by atoms with van der Waals surface area (Å²) in [7, 11) is 0. The van der Waals surface area contributed by atoms with Gasteiger partial charge in [0.2, 0.25) is 0 Å². The van der Waals surface area contributed by atoms with Gasteiger partial charge in [-0.15, -0.1) is 0 Å². The maximum absolute atomic E-state index is 3.67. The van der Waals surface area contributed by atoms with Gasteiger partial charge in [0, 0.05) is 38.4 Å². The molecule has 55 heavy (non-hydrogen) atoms. The highest BCUT2D eigenvalue weighted by Crippen LogP contribution is 2.65. The topological polar surface area (TPSA) is 4.93 Å². The molecule has 0 spiro atoms. The Morgan fingerprint density at radius 3 is 1.98 bits per heavy atom. The Hall–Kier alpha value is -6.88. The van der Waals surface area contributed by atoms with Crippen LogP contribution in [0.4, 0.5) is 0 Å². The minimum Gasteiger partial charge on any atom is -0.309 e. The molecular formula is C54H37N. The van der Waals surface area contributed by atoms with Gasteiger partial charge in [-0.2, -0.15) is 0 Å². The Labute approximate surface area is 321 Å². The SMILES string of the molecule is Cc1cc2c3cc(-c4ccc(C5CC5(c5c#cc(-c6ccccc6)cc5)c5cccc6ccccc56)cc4)ccc3n(-c3ccccc3)c2c2ccccc12. The lowest BCUT2D eigenvalue weighted by Gasteiger charge is -2.20. The van der Waals surface area contributed by atoms with E-state index in [2.05, 4.69) is 212 Å². The Kier molecular flexibility index (Phi) is 7.10. The van der Waals surface area contributed by atoms with Gasteiger partial charge in [-0.25, -0.2) is 0 Å². The summed E-state index contributed by atoms with van der Waals surface area (Å²) in [6.07, 6.45) is 1.04. The predicted molar refractivity (Wildman–Crippen MR) is 230 cm³/mol. The molecule has 0 bridgehead atoms. The fourth-order valence-electron chi connectivity index (χ4n) is 9.44. The number of benzene rings is 8. The van der Waals surface area contributed by atoms with Gasteiger partial charge in [-0.1, -0.05) is 158 Å². The predicted octanol–water partition coefficient (Wildman–Crippen LogP) is 13.8. The first kappa shape index (κ1) is 31.6. The number of hydrogen-bond acceptors (Lipinski definition) is 0. The first-order chi connectivity index (χ1) is 27.2. The standard InChI is InChI=1S/C54H37N/c1-36-33-49-48-34-42(29-32-52(48)55(44-17-6-3-7-18-44)53(49)47-21-11-10-19-45(36)47)39-23-25-41(26-24-39)51-35-54(51,50-22-12-16-40-15-8-9-20-46(40)50)43-30-27-38(28-31-43)37-13-4-2-5-14-37/h2-27,29-30,32-34,51H,35H2,1H3. The van der Waals surface area contributed by atoms with Gasteiger partial charge in [0.05, 0.1) is 11.0 Å². The van der Waals surface area contributed by atoms with E-state index in [4.69, 9.17) is 0 Å². The molecule has 1 heteroatoms. The van der Waals surface area contributed by atoms with Gasteiger partial charge in [-0.05, 0) is 111 Å². The van der Waals surface area contributed by atoms with Crippen LogP contribution in [0.15, 0.2) is 188 Å². The summed E-state index contributed by atoms with van der Waals surface area (Å²) < 4.78 is 2.44. The van der Waals surface area contributed by atoms with Crippen molar-refractivity contribution >= 4 is 43.4 Å². The molecule has 10 aromatic rings.